The van der Waals surface area contributed by atoms with Crippen molar-refractivity contribution in [2.24, 2.45) is 5.41 Å². The highest BCUT2D eigenvalue weighted by Gasteiger charge is 2.23. The van der Waals surface area contributed by atoms with E-state index < -0.39 is 0 Å². The minimum Gasteiger partial charge on any atom is -1.00 e. The van der Waals surface area contributed by atoms with Gasteiger partial charge in [-0.2, -0.15) is 0 Å². The summed E-state index contributed by atoms with van der Waals surface area (Å²) >= 11 is 0. The van der Waals surface area contributed by atoms with Gasteiger partial charge in [-0.3, -0.25) is 0 Å². The molecule has 0 fully saturated rings. The monoisotopic (exact) mass is 188 g/mol. The van der Waals surface area contributed by atoms with E-state index in [1.54, 1.807) is 0 Å². The van der Waals surface area contributed by atoms with E-state index in [0.29, 0.717) is 11.5 Å². The maximum absolute atomic E-state index is 3.97. The number of hydrogen-bond acceptors (Lipinski definition) is 0. The van der Waals surface area contributed by atoms with Crippen LogP contribution >= 0.6 is 0 Å². The molecule has 0 rings (SSSR count). The summed E-state index contributed by atoms with van der Waals surface area (Å²) in [6, 6.07) is 0.488. The first kappa shape index (κ1) is 16.8. The van der Waals surface area contributed by atoms with Crippen LogP contribution < -0.4 is 36.3 Å². The zero-order valence-electron chi connectivity index (χ0n) is 6.95. The first-order chi connectivity index (χ1) is 3.48. The van der Waals surface area contributed by atoms with Crippen molar-refractivity contribution < 1.29 is 36.3 Å². The zero-order valence-corrected chi connectivity index (χ0v) is 8.47. The molecule has 66 valence electrons. The lowest BCUT2D eigenvalue weighted by Gasteiger charge is -2.19. The van der Waals surface area contributed by atoms with E-state index in [-0.39, 0.29) is 24.8 Å². The minimum atomic E-state index is 0. The predicted molar refractivity (Wildman–Crippen MR) is 33.9 cm³/mol. The molecule has 0 radical (unpaired) electrons. The third-order valence-corrected chi connectivity index (χ3v) is 1.57. The quantitative estimate of drug-likeness (QED) is 0.412. The fraction of sp³-hybridized carbons (Fsp3) is 1.00. The first-order valence-electron chi connectivity index (χ1n) is 3.11. The highest BCUT2D eigenvalue weighted by Crippen LogP contribution is 2.13. The zero-order chi connectivity index (χ0) is 6.78. The molecule has 0 amide bonds. The molecule has 1 atom stereocenters. The molecule has 6 N–H and O–H groups in total. The Morgan fingerprint density at radius 2 is 1.50 bits per heavy atom. The number of hydrogen-bond donors (Lipinski definition) is 2. The van der Waals surface area contributed by atoms with E-state index in [1.807, 2.05) is 0 Å². The van der Waals surface area contributed by atoms with Crippen molar-refractivity contribution in [2.75, 3.05) is 6.54 Å². The lowest BCUT2D eigenvalue weighted by molar-refractivity contribution is -0.510. The van der Waals surface area contributed by atoms with Crippen LogP contribution in [0.15, 0.2) is 0 Å². The molecule has 0 bridgehead atoms. The molecule has 0 aromatic heterocycles. The van der Waals surface area contributed by atoms with Crippen molar-refractivity contribution in [3.8, 4) is 0 Å². The second-order valence-electron chi connectivity index (χ2n) is 3.35. The van der Waals surface area contributed by atoms with Gasteiger partial charge in [-0.1, -0.05) is 20.8 Å². The van der Waals surface area contributed by atoms with Crippen molar-refractivity contribution in [1.82, 2.24) is 0 Å². The smallest absolute Gasteiger partial charge is 0.139 e. The average Bonchev–Trinajstić information content (AvgIpc) is 1.62. The Morgan fingerprint density at radius 3 is 1.50 bits per heavy atom. The van der Waals surface area contributed by atoms with Gasteiger partial charge in [0.1, 0.15) is 12.6 Å². The van der Waals surface area contributed by atoms with Gasteiger partial charge in [0.2, 0.25) is 0 Å². The molecule has 0 saturated heterocycles. The van der Waals surface area contributed by atoms with Crippen LogP contribution in [0, 0.1) is 5.41 Å². The summed E-state index contributed by atoms with van der Waals surface area (Å²) < 4.78 is 0. The molecule has 0 aliphatic heterocycles. The topological polar surface area (TPSA) is 55.3 Å². The van der Waals surface area contributed by atoms with E-state index in [4.69, 9.17) is 0 Å². The summed E-state index contributed by atoms with van der Waals surface area (Å²) in [5.74, 6) is 0. The third kappa shape index (κ3) is 6.62. The van der Waals surface area contributed by atoms with Gasteiger partial charge in [-0.25, -0.2) is 0 Å². The van der Waals surface area contributed by atoms with Crippen LogP contribution in [0.5, 0.6) is 0 Å². The second kappa shape index (κ2) is 6.23. The maximum atomic E-state index is 3.97. The fourth-order valence-electron chi connectivity index (χ4n) is 0.433. The molecule has 0 spiro atoms. The second-order valence-corrected chi connectivity index (χ2v) is 3.35. The summed E-state index contributed by atoms with van der Waals surface area (Å²) in [5.41, 5.74) is 8.09. The average molecular weight is 189 g/mol. The largest absolute Gasteiger partial charge is 1.00 e. The first-order valence-corrected chi connectivity index (χ1v) is 3.11. The minimum absolute atomic E-state index is 0. The van der Waals surface area contributed by atoms with Crippen LogP contribution in [0.2, 0.25) is 0 Å². The van der Waals surface area contributed by atoms with Gasteiger partial charge in [0, 0.05) is 5.41 Å². The van der Waals surface area contributed by atoms with Crippen LogP contribution in [-0.4, -0.2) is 12.6 Å². The Kier molecular flexibility index (Phi) is 10.5. The SMILES string of the molecule is CC(C)(C)C([NH3+])C[NH3+].[Cl-].[Cl-]. The number of rotatable bonds is 1. The fourth-order valence-corrected chi connectivity index (χ4v) is 0.433. The molecule has 0 saturated carbocycles. The van der Waals surface area contributed by atoms with Gasteiger partial charge < -0.3 is 36.3 Å². The van der Waals surface area contributed by atoms with E-state index in [1.165, 1.54) is 0 Å². The Hall–Kier alpha value is 0.500. The molecule has 0 aliphatic rings. The highest BCUT2D eigenvalue weighted by atomic mass is 35.5. The van der Waals surface area contributed by atoms with Crippen molar-refractivity contribution in [3.63, 3.8) is 0 Å². The van der Waals surface area contributed by atoms with Crippen molar-refractivity contribution in [3.05, 3.63) is 0 Å². The standard InChI is InChI=1S/C6H16N2.2ClH/c1-6(2,3)5(8)4-7;;/h5H,4,7-8H2,1-3H3;2*1H. The Morgan fingerprint density at radius 1 is 1.20 bits per heavy atom. The summed E-state index contributed by atoms with van der Waals surface area (Å²) in [4.78, 5) is 0. The lowest BCUT2D eigenvalue weighted by Crippen LogP contribution is -3.00. The van der Waals surface area contributed by atoms with Crippen molar-refractivity contribution in [1.29, 1.82) is 0 Å². The Balaban J connectivity index is -0.000000245. The van der Waals surface area contributed by atoms with Gasteiger partial charge in [0.25, 0.3) is 0 Å². The Bertz CT molecular complexity index is 70.6. The van der Waals surface area contributed by atoms with Gasteiger partial charge in [0.05, 0.1) is 0 Å². The van der Waals surface area contributed by atoms with Crippen LogP contribution in [0.4, 0.5) is 0 Å². The van der Waals surface area contributed by atoms with E-state index in [0.717, 1.165) is 6.54 Å². The molecule has 0 aliphatic carbocycles. The van der Waals surface area contributed by atoms with Gasteiger partial charge in [-0.15, -0.1) is 0 Å². The van der Waals surface area contributed by atoms with Crippen LogP contribution in [0.1, 0.15) is 20.8 Å². The number of halogens is 2. The molecule has 0 aromatic rings. The van der Waals surface area contributed by atoms with Crippen molar-refractivity contribution >= 4 is 0 Å². The van der Waals surface area contributed by atoms with E-state index in [9.17, 15) is 0 Å². The van der Waals surface area contributed by atoms with Crippen LogP contribution in [0.3, 0.4) is 0 Å². The van der Waals surface area contributed by atoms with E-state index >= 15 is 0 Å². The molecular formula is C6H18Cl2N2. The van der Waals surface area contributed by atoms with Gasteiger partial charge in [0.15, 0.2) is 0 Å². The van der Waals surface area contributed by atoms with Crippen LogP contribution in [-0.2, 0) is 0 Å². The van der Waals surface area contributed by atoms with E-state index in [2.05, 4.69) is 32.2 Å². The van der Waals surface area contributed by atoms with Gasteiger partial charge in [-0.05, 0) is 0 Å². The van der Waals surface area contributed by atoms with Gasteiger partial charge >= 0.3 is 0 Å². The summed E-state index contributed by atoms with van der Waals surface area (Å²) in [5, 5.41) is 0. The molecular weight excluding hydrogens is 171 g/mol. The molecule has 2 nitrogen and oxygen atoms in total. The molecule has 4 heteroatoms. The highest BCUT2D eigenvalue weighted by molar-refractivity contribution is 4.68. The van der Waals surface area contributed by atoms with Crippen molar-refractivity contribution in [2.45, 2.75) is 26.8 Å². The molecule has 0 aromatic carbocycles. The molecule has 10 heavy (non-hydrogen) atoms. The number of quaternary nitrogens is 2. The summed E-state index contributed by atoms with van der Waals surface area (Å²) in [6.45, 7) is 7.50. The molecule has 1 unspecified atom stereocenters. The summed E-state index contributed by atoms with van der Waals surface area (Å²) in [7, 11) is 0. The molecule has 0 heterocycles. The summed E-state index contributed by atoms with van der Waals surface area (Å²) in [6.07, 6.45) is 0. The maximum Gasteiger partial charge on any atom is 0.139 e. The lowest BCUT2D eigenvalue weighted by atomic mass is 9.88. The predicted octanol–water partition coefficient (Wildman–Crippen LogP) is -7.11. The third-order valence-electron chi connectivity index (χ3n) is 1.57. The Labute approximate surface area is 75.5 Å². The van der Waals surface area contributed by atoms with Crippen LogP contribution in [0.25, 0.3) is 0 Å². The normalized spacial score (nSPS) is 12.9.